The van der Waals surface area contributed by atoms with E-state index in [4.69, 9.17) is 0 Å². The summed E-state index contributed by atoms with van der Waals surface area (Å²) in [5, 5.41) is 0. The maximum absolute atomic E-state index is 11.6. The minimum Gasteiger partial charge on any atom is -1.00 e. The van der Waals surface area contributed by atoms with Gasteiger partial charge in [0.15, 0.2) is 0 Å². The first kappa shape index (κ1) is 25.9. The molecule has 2 aliphatic carbocycles. The minimum atomic E-state index is -4.20. The van der Waals surface area contributed by atoms with Crippen LogP contribution in [0.25, 0.3) is 0 Å². The smallest absolute Gasteiger partial charge is 1.00 e. The molecule has 0 heterocycles. The Morgan fingerprint density at radius 1 is 0.714 bits per heavy atom. The van der Waals surface area contributed by atoms with Gasteiger partial charge in [0.25, 0.3) is 0 Å². The number of halogens is 8. The summed E-state index contributed by atoms with van der Waals surface area (Å²) >= 11 is 0. The van der Waals surface area contributed by atoms with E-state index in [0.717, 1.165) is 12.2 Å². The summed E-state index contributed by atoms with van der Waals surface area (Å²) in [7, 11) is 0. The molecule has 0 aromatic heterocycles. The summed E-state index contributed by atoms with van der Waals surface area (Å²) in [5.74, 6) is 0. The predicted molar refractivity (Wildman–Crippen MR) is 53.1 cm³/mol. The van der Waals surface area contributed by atoms with Gasteiger partial charge in [0, 0.05) is 0 Å². The van der Waals surface area contributed by atoms with Crippen molar-refractivity contribution in [2.24, 2.45) is 0 Å². The van der Waals surface area contributed by atoms with E-state index in [9.17, 15) is 26.3 Å². The van der Waals surface area contributed by atoms with Gasteiger partial charge in [-0.15, -0.1) is 24.0 Å². The number of alkyl halides is 6. The van der Waals surface area contributed by atoms with Crippen LogP contribution >= 0.6 is 0 Å². The van der Waals surface area contributed by atoms with Gasteiger partial charge in [0.1, 0.15) is 0 Å². The molecule has 0 unspecified atom stereocenters. The Hall–Kier alpha value is -0.00987. The van der Waals surface area contributed by atoms with Crippen LogP contribution in [-0.4, -0.2) is 12.4 Å². The van der Waals surface area contributed by atoms with Gasteiger partial charge >= 0.3 is 38.2 Å². The summed E-state index contributed by atoms with van der Waals surface area (Å²) in [6.45, 7) is 0. The normalized spacial score (nSPS) is 15.7. The van der Waals surface area contributed by atoms with Crippen molar-refractivity contribution in [3.05, 3.63) is 47.6 Å². The van der Waals surface area contributed by atoms with Gasteiger partial charge in [-0.2, -0.15) is 38.5 Å². The fourth-order valence-electron chi connectivity index (χ4n) is 1.20. The molecule has 0 atom stereocenters. The van der Waals surface area contributed by atoms with Gasteiger partial charge in [-0.25, -0.2) is 12.2 Å². The summed E-state index contributed by atoms with van der Waals surface area (Å²) in [6.07, 6.45) is 1.47. The van der Waals surface area contributed by atoms with Crippen LogP contribution in [0.15, 0.2) is 35.5 Å². The fourth-order valence-corrected chi connectivity index (χ4v) is 1.20. The van der Waals surface area contributed by atoms with E-state index in [-0.39, 0.29) is 63.5 Å². The third-order valence-electron chi connectivity index (χ3n) is 2.00. The molecule has 0 bridgehead atoms. The quantitative estimate of drug-likeness (QED) is 0.209. The van der Waals surface area contributed by atoms with Crippen LogP contribution in [0.3, 0.4) is 0 Å². The van der Waals surface area contributed by atoms with Crippen LogP contribution in [0.1, 0.15) is 12.8 Å². The van der Waals surface area contributed by atoms with E-state index in [1.54, 1.807) is 0 Å². The first-order valence-corrected chi connectivity index (χ1v) is 4.90. The van der Waals surface area contributed by atoms with Crippen LogP contribution in [0.5, 0.6) is 0 Å². The van der Waals surface area contributed by atoms with Gasteiger partial charge in [0.2, 0.25) is 0 Å². The van der Waals surface area contributed by atoms with E-state index in [0.29, 0.717) is 0 Å². The van der Waals surface area contributed by atoms with Crippen molar-refractivity contribution in [1.82, 2.24) is 0 Å². The summed E-state index contributed by atoms with van der Waals surface area (Å²) in [4.78, 5) is 0. The van der Waals surface area contributed by atoms with Crippen molar-refractivity contribution in [2.45, 2.75) is 25.2 Å². The van der Waals surface area contributed by atoms with Crippen molar-refractivity contribution in [1.29, 1.82) is 0 Å². The average Bonchev–Trinajstić information content (AvgIpc) is 2.91. The Bertz CT molecular complexity index is 378. The molecule has 0 aliphatic heterocycles. The summed E-state index contributed by atoms with van der Waals surface area (Å²) in [5.41, 5.74) is -1.30. The van der Waals surface area contributed by atoms with Gasteiger partial charge in [-0.3, -0.25) is 12.2 Å². The molecule has 0 radical (unpaired) electrons. The van der Waals surface area contributed by atoms with Crippen molar-refractivity contribution < 1.29 is 77.0 Å². The van der Waals surface area contributed by atoms with E-state index in [1.807, 2.05) is 0 Å². The van der Waals surface area contributed by atoms with Crippen LogP contribution in [-0.2, 0) is 25.8 Å². The van der Waals surface area contributed by atoms with Crippen molar-refractivity contribution in [3.63, 3.8) is 0 Å². The summed E-state index contributed by atoms with van der Waals surface area (Å²) in [6, 6.07) is 0. The standard InChI is InChI=1S/2C6H4F3.2ClH.Hf/c2*7-6(8,9)5-3-1-2-4-5;;;/h2*1,3H,2H2;2*1H;/q2*-1;;;+4/p-2. The van der Waals surface area contributed by atoms with Gasteiger partial charge in [-0.1, -0.05) is 0 Å². The van der Waals surface area contributed by atoms with Gasteiger partial charge in [0.05, 0.1) is 0 Å². The van der Waals surface area contributed by atoms with Crippen molar-refractivity contribution in [3.8, 4) is 0 Å². The molecule has 0 aromatic carbocycles. The molecule has 0 spiro atoms. The zero-order valence-electron chi connectivity index (χ0n) is 10.2. The third kappa shape index (κ3) is 9.58. The van der Waals surface area contributed by atoms with Crippen LogP contribution in [0.4, 0.5) is 26.3 Å². The average molecular weight is 516 g/mol. The predicted octanol–water partition coefficient (Wildman–Crippen LogP) is -1.52. The molecule has 0 aromatic rings. The Labute approximate surface area is 149 Å². The van der Waals surface area contributed by atoms with Crippen LogP contribution < -0.4 is 24.8 Å². The maximum atomic E-state index is 11.6. The topological polar surface area (TPSA) is 0 Å². The molecule has 9 heteroatoms. The number of rotatable bonds is 0. The van der Waals surface area contributed by atoms with Crippen LogP contribution in [0, 0.1) is 12.2 Å². The summed E-state index contributed by atoms with van der Waals surface area (Å²) < 4.78 is 69.7. The number of allylic oxidation sites excluding steroid dienone is 8. The number of hydrogen-bond acceptors (Lipinski definition) is 0. The van der Waals surface area contributed by atoms with Crippen molar-refractivity contribution >= 4 is 0 Å². The van der Waals surface area contributed by atoms with E-state index in [2.05, 4.69) is 12.2 Å². The van der Waals surface area contributed by atoms with Crippen LogP contribution in [0.2, 0.25) is 0 Å². The van der Waals surface area contributed by atoms with E-state index in [1.165, 1.54) is 12.2 Å². The van der Waals surface area contributed by atoms with Crippen molar-refractivity contribution in [2.75, 3.05) is 0 Å². The maximum Gasteiger partial charge on any atom is 4.00 e. The second-order valence-electron chi connectivity index (χ2n) is 3.39. The molecule has 21 heavy (non-hydrogen) atoms. The Kier molecular flexibility index (Phi) is 13.2. The zero-order chi connectivity index (χ0) is 13.8. The van der Waals surface area contributed by atoms with Gasteiger partial charge in [-0.05, 0) is 0 Å². The fraction of sp³-hybridized carbons (Fsp3) is 0.333. The molecular weight excluding hydrogens is 508 g/mol. The first-order chi connectivity index (χ1) is 8.21. The third-order valence-corrected chi connectivity index (χ3v) is 2.00. The van der Waals surface area contributed by atoms with E-state index < -0.39 is 23.5 Å². The molecule has 116 valence electrons. The zero-order valence-corrected chi connectivity index (χ0v) is 15.4. The molecule has 0 fully saturated rings. The second-order valence-corrected chi connectivity index (χ2v) is 3.39. The number of hydrogen-bond donors (Lipinski definition) is 0. The largest absolute Gasteiger partial charge is 4.00 e. The Morgan fingerprint density at radius 3 is 1.10 bits per heavy atom. The van der Waals surface area contributed by atoms with E-state index >= 15 is 0 Å². The second kappa shape index (κ2) is 10.7. The molecular formula is C12H8Cl2F6Hf. The molecule has 2 rings (SSSR count). The molecule has 0 saturated heterocycles. The molecule has 2 aliphatic rings. The van der Waals surface area contributed by atoms with Gasteiger partial charge < -0.3 is 24.8 Å². The molecule has 0 amide bonds. The minimum absolute atomic E-state index is 0. The molecule has 0 saturated carbocycles. The Balaban J connectivity index is -0.000000270. The monoisotopic (exact) mass is 516 g/mol. The Morgan fingerprint density at radius 2 is 1.00 bits per heavy atom. The molecule has 0 nitrogen and oxygen atoms in total. The molecule has 0 N–H and O–H groups in total. The first-order valence-electron chi connectivity index (χ1n) is 4.90. The SMILES string of the molecule is FC(F)(F)C1=[C-]CC=C1.FC(F)(F)C1=[C-]CC=C1.[Cl-].[Cl-].[Hf+4].